The Hall–Kier alpha value is -3.79. The van der Waals surface area contributed by atoms with E-state index in [2.05, 4.69) is 14.9 Å². The van der Waals surface area contributed by atoms with Crippen molar-refractivity contribution in [3.8, 4) is 16.9 Å². The van der Waals surface area contributed by atoms with E-state index in [-0.39, 0.29) is 10.8 Å². The number of rotatable bonds is 5. The molecule has 1 aliphatic heterocycles. The summed E-state index contributed by atoms with van der Waals surface area (Å²) in [6, 6.07) is 18.2. The van der Waals surface area contributed by atoms with Crippen LogP contribution in [-0.4, -0.2) is 50.8 Å². The van der Waals surface area contributed by atoms with Gasteiger partial charge >= 0.3 is 0 Å². The lowest BCUT2D eigenvalue weighted by Gasteiger charge is -2.34. The molecule has 1 saturated heterocycles. The van der Waals surface area contributed by atoms with Crippen LogP contribution < -0.4 is 10.6 Å². The predicted molar refractivity (Wildman–Crippen MR) is 150 cm³/mol. The Morgan fingerprint density at radius 1 is 0.846 bits per heavy atom. The van der Waals surface area contributed by atoms with Crippen molar-refractivity contribution in [2.24, 2.45) is 0 Å². The third-order valence-electron chi connectivity index (χ3n) is 6.81. The molecule has 0 spiro atoms. The number of piperazine rings is 1. The minimum absolute atomic E-state index is 0.0210. The van der Waals surface area contributed by atoms with Gasteiger partial charge in [0, 0.05) is 38.3 Å². The number of fused-ring (bicyclic) bond motifs is 1. The van der Waals surface area contributed by atoms with Gasteiger partial charge in [-0.25, -0.2) is 18.4 Å². The van der Waals surface area contributed by atoms with Gasteiger partial charge in [0.15, 0.2) is 5.65 Å². The van der Waals surface area contributed by atoms with Gasteiger partial charge in [-0.05, 0) is 48.0 Å². The molecule has 11 heteroatoms. The van der Waals surface area contributed by atoms with E-state index in [1.807, 2.05) is 18.2 Å². The van der Waals surface area contributed by atoms with Crippen molar-refractivity contribution in [2.75, 3.05) is 36.8 Å². The highest BCUT2D eigenvalue weighted by Crippen LogP contribution is 2.36. The monoisotopic (exact) mass is 565 g/mol. The summed E-state index contributed by atoms with van der Waals surface area (Å²) in [5.41, 5.74) is 9.73. The molecule has 2 N–H and O–H groups in total. The number of benzene rings is 3. The standard InChI is InChI=1S/C28H23Cl2F2N7/c29-20-3-1-2-4-23(20)39-26(33)24-25(18-7-10-22(32)21(30)15-18)34-28(35-27(24)36-39)38-13-11-37(12-14-38)16-17-5-8-19(31)9-6-17/h1-10,15H,11-14,16,33H2. The number of aromatic nitrogens is 4. The molecule has 6 rings (SSSR count). The molecule has 39 heavy (non-hydrogen) atoms. The quantitative estimate of drug-likeness (QED) is 0.283. The minimum atomic E-state index is -0.525. The average molecular weight is 566 g/mol. The van der Waals surface area contributed by atoms with E-state index >= 15 is 0 Å². The Bertz CT molecular complexity index is 1670. The Morgan fingerprint density at radius 2 is 1.59 bits per heavy atom. The van der Waals surface area contributed by atoms with Crippen molar-refractivity contribution >= 4 is 46.0 Å². The van der Waals surface area contributed by atoms with Gasteiger partial charge in [-0.2, -0.15) is 4.98 Å². The van der Waals surface area contributed by atoms with Crippen LogP contribution in [0.4, 0.5) is 20.5 Å². The van der Waals surface area contributed by atoms with Crippen molar-refractivity contribution < 1.29 is 8.78 Å². The number of hydrogen-bond acceptors (Lipinski definition) is 6. The van der Waals surface area contributed by atoms with Gasteiger partial charge in [-0.3, -0.25) is 4.90 Å². The third-order valence-corrected chi connectivity index (χ3v) is 7.41. The first-order chi connectivity index (χ1) is 18.9. The summed E-state index contributed by atoms with van der Waals surface area (Å²) in [4.78, 5) is 14.0. The first kappa shape index (κ1) is 25.5. The van der Waals surface area contributed by atoms with Crippen LogP contribution >= 0.6 is 23.2 Å². The van der Waals surface area contributed by atoms with E-state index < -0.39 is 5.82 Å². The molecule has 3 heterocycles. The summed E-state index contributed by atoms with van der Waals surface area (Å²) in [5, 5.41) is 5.67. The molecule has 3 aromatic carbocycles. The number of nitrogens with two attached hydrogens (primary N) is 1. The summed E-state index contributed by atoms with van der Waals surface area (Å²) >= 11 is 12.6. The largest absolute Gasteiger partial charge is 0.383 e. The zero-order valence-corrected chi connectivity index (χ0v) is 22.2. The van der Waals surface area contributed by atoms with E-state index in [1.165, 1.54) is 24.3 Å². The lowest BCUT2D eigenvalue weighted by Crippen LogP contribution is -2.46. The molecule has 0 atom stereocenters. The molecule has 5 aromatic rings. The maximum atomic E-state index is 14.0. The first-order valence-corrected chi connectivity index (χ1v) is 13.1. The van der Waals surface area contributed by atoms with Gasteiger partial charge in [0.2, 0.25) is 5.95 Å². The topological polar surface area (TPSA) is 76.1 Å². The maximum Gasteiger partial charge on any atom is 0.228 e. The fourth-order valence-corrected chi connectivity index (χ4v) is 5.15. The van der Waals surface area contributed by atoms with Crippen LogP contribution in [0, 0.1) is 11.6 Å². The average Bonchev–Trinajstić information content (AvgIpc) is 3.27. The number of halogens is 4. The van der Waals surface area contributed by atoms with Gasteiger partial charge in [-0.1, -0.05) is 47.5 Å². The highest BCUT2D eigenvalue weighted by atomic mass is 35.5. The van der Waals surface area contributed by atoms with Gasteiger partial charge in [-0.15, -0.1) is 5.10 Å². The number of para-hydroxylation sites is 1. The molecule has 0 amide bonds. The zero-order chi connectivity index (χ0) is 27.1. The minimum Gasteiger partial charge on any atom is -0.383 e. The fraction of sp³-hybridized carbons (Fsp3) is 0.179. The van der Waals surface area contributed by atoms with Crippen LogP contribution in [0.1, 0.15) is 5.56 Å². The predicted octanol–water partition coefficient (Wildman–Crippen LogP) is 5.97. The lowest BCUT2D eigenvalue weighted by atomic mass is 10.1. The fourth-order valence-electron chi connectivity index (χ4n) is 4.76. The third kappa shape index (κ3) is 5.01. The SMILES string of the molecule is Nc1c2c(-c3ccc(F)c(Cl)c3)nc(N3CCN(Cc4ccc(F)cc4)CC3)nc2nn1-c1ccccc1Cl. The second-order valence-corrected chi connectivity index (χ2v) is 10.2. The number of nitrogens with zero attached hydrogens (tertiary/aromatic N) is 6. The van der Waals surface area contributed by atoms with E-state index in [4.69, 9.17) is 38.9 Å². The van der Waals surface area contributed by atoms with E-state index in [0.717, 1.165) is 25.2 Å². The van der Waals surface area contributed by atoms with Gasteiger partial charge < -0.3 is 10.6 Å². The van der Waals surface area contributed by atoms with Crippen LogP contribution in [0.3, 0.4) is 0 Å². The number of nitrogen functional groups attached to an aromatic ring is 1. The molecule has 0 saturated carbocycles. The molecule has 0 bridgehead atoms. The Kier molecular flexibility index (Phi) is 6.80. The van der Waals surface area contributed by atoms with E-state index in [1.54, 1.807) is 28.9 Å². The molecule has 0 radical (unpaired) electrons. The van der Waals surface area contributed by atoms with Gasteiger partial charge in [0.25, 0.3) is 0 Å². The molecule has 0 unspecified atom stereocenters. The van der Waals surface area contributed by atoms with Crippen LogP contribution in [0.15, 0.2) is 66.7 Å². The first-order valence-electron chi connectivity index (χ1n) is 12.4. The Balaban J connectivity index is 1.37. The van der Waals surface area contributed by atoms with Crippen LogP contribution in [0.2, 0.25) is 10.0 Å². The van der Waals surface area contributed by atoms with Crippen molar-refractivity contribution in [3.63, 3.8) is 0 Å². The van der Waals surface area contributed by atoms with Crippen LogP contribution in [-0.2, 0) is 6.54 Å². The van der Waals surface area contributed by atoms with Gasteiger partial charge in [0.1, 0.15) is 17.5 Å². The second-order valence-electron chi connectivity index (χ2n) is 9.34. The highest BCUT2D eigenvalue weighted by molar-refractivity contribution is 6.32. The normalized spacial score (nSPS) is 14.3. The molecule has 7 nitrogen and oxygen atoms in total. The smallest absolute Gasteiger partial charge is 0.228 e. The Morgan fingerprint density at radius 3 is 2.31 bits per heavy atom. The molecular formula is C28H23Cl2F2N7. The van der Waals surface area contributed by atoms with E-state index in [9.17, 15) is 8.78 Å². The highest BCUT2D eigenvalue weighted by Gasteiger charge is 2.25. The van der Waals surface area contributed by atoms with Crippen LogP contribution in [0.25, 0.3) is 28.0 Å². The van der Waals surface area contributed by atoms with Crippen molar-refractivity contribution in [1.82, 2.24) is 24.6 Å². The summed E-state index contributed by atoms with van der Waals surface area (Å²) in [7, 11) is 0. The molecule has 1 fully saturated rings. The number of anilines is 2. The summed E-state index contributed by atoms with van der Waals surface area (Å²) in [6.07, 6.45) is 0. The lowest BCUT2D eigenvalue weighted by molar-refractivity contribution is 0.248. The summed E-state index contributed by atoms with van der Waals surface area (Å²) in [5.74, 6) is 0.0299. The zero-order valence-electron chi connectivity index (χ0n) is 20.7. The summed E-state index contributed by atoms with van der Waals surface area (Å²) in [6.45, 7) is 3.62. The molecule has 198 valence electrons. The van der Waals surface area contributed by atoms with E-state index in [0.29, 0.717) is 57.9 Å². The van der Waals surface area contributed by atoms with Gasteiger partial charge in [0.05, 0.1) is 26.8 Å². The molecule has 1 aliphatic rings. The maximum absolute atomic E-state index is 14.0. The van der Waals surface area contributed by atoms with Crippen LogP contribution in [0.5, 0.6) is 0 Å². The number of hydrogen-bond donors (Lipinski definition) is 1. The molecule has 2 aromatic heterocycles. The second kappa shape index (κ2) is 10.4. The van der Waals surface area contributed by atoms with Crippen molar-refractivity contribution in [3.05, 3.63) is 94.0 Å². The molecular weight excluding hydrogens is 543 g/mol. The molecule has 0 aliphatic carbocycles. The van der Waals surface area contributed by atoms with Crippen molar-refractivity contribution in [1.29, 1.82) is 0 Å². The Labute approximate surface area is 233 Å². The summed E-state index contributed by atoms with van der Waals surface area (Å²) < 4.78 is 28.8. The van der Waals surface area contributed by atoms with Crippen molar-refractivity contribution in [2.45, 2.75) is 6.54 Å².